The summed E-state index contributed by atoms with van der Waals surface area (Å²) in [5.74, 6) is 0.883. The molecule has 2 heterocycles. The van der Waals surface area contributed by atoms with E-state index in [4.69, 9.17) is 4.74 Å². The number of rotatable bonds is 6. The van der Waals surface area contributed by atoms with Gasteiger partial charge in [0.05, 0.1) is 12.3 Å². The number of fused-ring (bicyclic) bond motifs is 1. The summed E-state index contributed by atoms with van der Waals surface area (Å²) >= 11 is 0. The van der Waals surface area contributed by atoms with Gasteiger partial charge >= 0.3 is 0 Å². The van der Waals surface area contributed by atoms with E-state index in [-0.39, 0.29) is 5.56 Å². The van der Waals surface area contributed by atoms with Crippen LogP contribution in [0.15, 0.2) is 53.5 Å². The average molecular weight is 337 g/mol. The Balaban J connectivity index is 1.74. The maximum Gasteiger partial charge on any atom is 0.258 e. The molecule has 130 valence electrons. The van der Waals surface area contributed by atoms with E-state index in [0.29, 0.717) is 13.2 Å². The molecule has 0 aliphatic rings. The Labute approximate surface area is 147 Å². The van der Waals surface area contributed by atoms with E-state index in [0.717, 1.165) is 29.2 Å². The fraction of sp³-hybridized carbons (Fsp3) is 0.300. The molecule has 25 heavy (non-hydrogen) atoms. The number of ether oxygens (including phenoxy) is 1. The first kappa shape index (κ1) is 17.2. The normalized spacial score (nSPS) is 11.2. The van der Waals surface area contributed by atoms with Crippen molar-refractivity contribution in [3.05, 3.63) is 75.8 Å². The quantitative estimate of drug-likeness (QED) is 0.694. The van der Waals surface area contributed by atoms with Gasteiger partial charge in [0.15, 0.2) is 0 Å². The number of nitrogens with zero attached hydrogens (tertiary/aromatic N) is 3. The van der Waals surface area contributed by atoms with Crippen molar-refractivity contribution in [2.75, 3.05) is 13.7 Å². The van der Waals surface area contributed by atoms with E-state index in [2.05, 4.69) is 22.0 Å². The molecule has 0 radical (unpaired) electrons. The van der Waals surface area contributed by atoms with Gasteiger partial charge in [-0.05, 0) is 50.2 Å². The molecule has 0 unspecified atom stereocenters. The molecule has 5 nitrogen and oxygen atoms in total. The van der Waals surface area contributed by atoms with Crippen LogP contribution in [0.3, 0.4) is 0 Å². The van der Waals surface area contributed by atoms with Crippen molar-refractivity contribution < 1.29 is 4.74 Å². The van der Waals surface area contributed by atoms with Crippen LogP contribution in [0.1, 0.15) is 23.7 Å². The zero-order valence-electron chi connectivity index (χ0n) is 14.9. The monoisotopic (exact) mass is 337 g/mol. The van der Waals surface area contributed by atoms with Crippen molar-refractivity contribution in [3.8, 4) is 5.75 Å². The van der Waals surface area contributed by atoms with Gasteiger partial charge in [-0.25, -0.2) is 4.98 Å². The second-order valence-corrected chi connectivity index (χ2v) is 6.22. The number of pyridine rings is 1. The van der Waals surface area contributed by atoms with Gasteiger partial charge in [0.25, 0.3) is 5.56 Å². The number of aryl methyl sites for hydroxylation is 1. The van der Waals surface area contributed by atoms with E-state index in [9.17, 15) is 4.79 Å². The number of hydrogen-bond donors (Lipinski definition) is 0. The third-order valence-electron chi connectivity index (χ3n) is 4.06. The van der Waals surface area contributed by atoms with Crippen molar-refractivity contribution in [1.82, 2.24) is 14.3 Å². The van der Waals surface area contributed by atoms with Crippen LogP contribution >= 0.6 is 0 Å². The van der Waals surface area contributed by atoms with Gasteiger partial charge in [0.2, 0.25) is 0 Å². The van der Waals surface area contributed by atoms with Gasteiger partial charge < -0.3 is 4.74 Å². The van der Waals surface area contributed by atoms with Crippen LogP contribution in [0.5, 0.6) is 5.75 Å². The van der Waals surface area contributed by atoms with Gasteiger partial charge in [-0.15, -0.1) is 0 Å². The molecule has 0 saturated carbocycles. The number of aromatic nitrogens is 2. The molecule has 0 atom stereocenters. The fourth-order valence-electron chi connectivity index (χ4n) is 2.89. The Bertz CT molecular complexity index is 916. The summed E-state index contributed by atoms with van der Waals surface area (Å²) in [5.41, 5.74) is 3.65. The summed E-state index contributed by atoms with van der Waals surface area (Å²) in [4.78, 5) is 19.1. The van der Waals surface area contributed by atoms with Crippen LogP contribution in [0.25, 0.3) is 5.65 Å². The van der Waals surface area contributed by atoms with Crippen molar-refractivity contribution in [2.24, 2.45) is 0 Å². The zero-order chi connectivity index (χ0) is 17.8. The highest BCUT2D eigenvalue weighted by molar-refractivity contribution is 5.46. The molecule has 0 fully saturated rings. The Hall–Kier alpha value is -2.66. The minimum absolute atomic E-state index is 0.0434. The lowest BCUT2D eigenvalue weighted by Gasteiger charge is -2.17. The molecule has 2 aromatic heterocycles. The van der Waals surface area contributed by atoms with Crippen molar-refractivity contribution >= 4 is 5.65 Å². The van der Waals surface area contributed by atoms with E-state index >= 15 is 0 Å². The summed E-state index contributed by atoms with van der Waals surface area (Å²) in [7, 11) is 2.03. The lowest BCUT2D eigenvalue weighted by Crippen LogP contribution is -2.22. The average Bonchev–Trinajstić information content (AvgIpc) is 2.58. The van der Waals surface area contributed by atoms with Crippen molar-refractivity contribution in [2.45, 2.75) is 26.9 Å². The molecule has 0 amide bonds. The summed E-state index contributed by atoms with van der Waals surface area (Å²) in [6, 6.07) is 13.5. The molecule has 0 aliphatic heterocycles. The first-order valence-corrected chi connectivity index (χ1v) is 8.45. The molecular weight excluding hydrogens is 314 g/mol. The Morgan fingerprint density at radius 1 is 1.16 bits per heavy atom. The SMILES string of the molecule is CCOc1ccc(CN(C)Cc2cc(=O)n3cccc(C)c3n2)cc1. The van der Waals surface area contributed by atoms with Crippen LogP contribution in [-0.4, -0.2) is 27.9 Å². The first-order chi connectivity index (χ1) is 12.1. The fourth-order valence-corrected chi connectivity index (χ4v) is 2.89. The maximum atomic E-state index is 12.3. The smallest absolute Gasteiger partial charge is 0.258 e. The minimum Gasteiger partial charge on any atom is -0.494 e. The third-order valence-corrected chi connectivity index (χ3v) is 4.06. The first-order valence-electron chi connectivity index (χ1n) is 8.45. The molecule has 0 saturated heterocycles. The predicted octanol–water partition coefficient (Wildman–Crippen LogP) is 3.03. The summed E-state index contributed by atoms with van der Waals surface area (Å²) in [6.07, 6.45) is 1.76. The Kier molecular flexibility index (Phi) is 5.14. The van der Waals surface area contributed by atoms with Gasteiger partial charge in [0.1, 0.15) is 11.4 Å². The van der Waals surface area contributed by atoms with Crippen LogP contribution in [0.2, 0.25) is 0 Å². The molecule has 0 bridgehead atoms. The molecule has 3 rings (SSSR count). The highest BCUT2D eigenvalue weighted by Gasteiger charge is 2.08. The third kappa shape index (κ3) is 4.06. The lowest BCUT2D eigenvalue weighted by atomic mass is 10.2. The predicted molar refractivity (Wildman–Crippen MR) is 99.0 cm³/mol. The number of hydrogen-bond acceptors (Lipinski definition) is 4. The lowest BCUT2D eigenvalue weighted by molar-refractivity contribution is 0.314. The van der Waals surface area contributed by atoms with Crippen molar-refractivity contribution in [1.29, 1.82) is 0 Å². The topological polar surface area (TPSA) is 46.8 Å². The van der Waals surface area contributed by atoms with Crippen LogP contribution in [0.4, 0.5) is 0 Å². The van der Waals surface area contributed by atoms with E-state index in [1.807, 2.05) is 45.2 Å². The van der Waals surface area contributed by atoms with Gasteiger partial charge in [0, 0.05) is 25.4 Å². The molecule has 0 N–H and O–H groups in total. The largest absolute Gasteiger partial charge is 0.494 e. The van der Waals surface area contributed by atoms with Gasteiger partial charge in [-0.1, -0.05) is 18.2 Å². The second kappa shape index (κ2) is 7.49. The zero-order valence-corrected chi connectivity index (χ0v) is 14.9. The Morgan fingerprint density at radius 3 is 2.64 bits per heavy atom. The molecule has 0 spiro atoms. The minimum atomic E-state index is -0.0434. The molecule has 0 aliphatic carbocycles. The summed E-state index contributed by atoms with van der Waals surface area (Å²) < 4.78 is 7.05. The van der Waals surface area contributed by atoms with Gasteiger partial charge in [-0.2, -0.15) is 0 Å². The molecular formula is C20H23N3O2. The van der Waals surface area contributed by atoms with E-state index in [1.54, 1.807) is 16.7 Å². The van der Waals surface area contributed by atoms with Gasteiger partial charge in [-0.3, -0.25) is 14.1 Å². The highest BCUT2D eigenvalue weighted by Crippen LogP contribution is 2.14. The standard InChI is InChI=1S/C20H23N3O2/c1-4-25-18-9-7-16(8-10-18)13-22(3)14-17-12-19(24)23-11-5-6-15(2)20(23)21-17/h5-12H,4,13-14H2,1-3H3. The summed E-state index contributed by atoms with van der Waals surface area (Å²) in [6.45, 7) is 6.01. The van der Waals surface area contributed by atoms with Crippen molar-refractivity contribution in [3.63, 3.8) is 0 Å². The van der Waals surface area contributed by atoms with E-state index < -0.39 is 0 Å². The van der Waals surface area contributed by atoms with Crippen LogP contribution in [0, 0.1) is 6.92 Å². The highest BCUT2D eigenvalue weighted by atomic mass is 16.5. The van der Waals surface area contributed by atoms with E-state index in [1.165, 1.54) is 5.56 Å². The molecule has 5 heteroatoms. The van der Waals surface area contributed by atoms with Crippen LogP contribution in [-0.2, 0) is 13.1 Å². The Morgan fingerprint density at radius 2 is 1.92 bits per heavy atom. The second-order valence-electron chi connectivity index (χ2n) is 6.22. The maximum absolute atomic E-state index is 12.3. The molecule has 3 aromatic rings. The summed E-state index contributed by atoms with van der Waals surface area (Å²) in [5, 5.41) is 0. The molecule has 1 aromatic carbocycles. The number of benzene rings is 1. The van der Waals surface area contributed by atoms with Crippen LogP contribution < -0.4 is 10.3 Å².